The highest BCUT2D eigenvalue weighted by Gasteiger charge is 2.30. The van der Waals surface area contributed by atoms with E-state index in [0.717, 1.165) is 32.5 Å². The van der Waals surface area contributed by atoms with E-state index < -0.39 is 9.84 Å². The second-order valence-electron chi connectivity index (χ2n) is 5.41. The number of para-hydroxylation sites is 1. The Balaban J connectivity index is 1.91. The van der Waals surface area contributed by atoms with Crippen molar-refractivity contribution in [2.45, 2.75) is 25.4 Å². The van der Waals surface area contributed by atoms with Crippen molar-refractivity contribution in [2.75, 3.05) is 29.5 Å². The van der Waals surface area contributed by atoms with Gasteiger partial charge in [0.05, 0.1) is 11.5 Å². The van der Waals surface area contributed by atoms with Gasteiger partial charge in [-0.1, -0.05) is 18.2 Å². The summed E-state index contributed by atoms with van der Waals surface area (Å²) in [6.45, 7) is 2.66. The maximum absolute atomic E-state index is 11.9. The van der Waals surface area contributed by atoms with E-state index in [1.54, 1.807) is 0 Å². The van der Waals surface area contributed by atoms with Crippen LogP contribution in [-0.2, 0) is 16.4 Å². The summed E-state index contributed by atoms with van der Waals surface area (Å²) in [5.41, 5.74) is 2.47. The van der Waals surface area contributed by atoms with Crippen molar-refractivity contribution in [1.82, 2.24) is 5.32 Å². The molecule has 1 aromatic carbocycles. The number of nitrogens with zero attached hydrogens (tertiary/aromatic N) is 1. The molecule has 0 radical (unpaired) electrons. The van der Waals surface area contributed by atoms with Crippen LogP contribution in [0.15, 0.2) is 24.3 Å². The molecule has 104 valence electrons. The van der Waals surface area contributed by atoms with E-state index in [0.29, 0.717) is 11.5 Å². The smallest absolute Gasteiger partial charge is 0.152 e. The fraction of sp³-hybridized carbons (Fsp3) is 0.571. The third-order valence-electron chi connectivity index (χ3n) is 4.03. The summed E-state index contributed by atoms with van der Waals surface area (Å²) in [6, 6.07) is 8.46. The quantitative estimate of drug-likeness (QED) is 0.839. The molecule has 1 unspecified atom stereocenters. The van der Waals surface area contributed by atoms with Gasteiger partial charge in [0.2, 0.25) is 0 Å². The van der Waals surface area contributed by atoms with Crippen LogP contribution in [0, 0.1) is 0 Å². The molecule has 0 bridgehead atoms. The average Bonchev–Trinajstić information content (AvgIpc) is 2.59. The SMILES string of the molecule is O=S1(=O)CCCC(N2CCNCc3ccccc32)C1. The number of sulfone groups is 1. The number of nitrogens with one attached hydrogen (secondary N) is 1. The fourth-order valence-corrected chi connectivity index (χ4v) is 4.81. The zero-order chi connectivity index (χ0) is 13.3. The molecule has 2 heterocycles. The third-order valence-corrected chi connectivity index (χ3v) is 5.83. The van der Waals surface area contributed by atoms with Crippen molar-refractivity contribution in [2.24, 2.45) is 0 Å². The van der Waals surface area contributed by atoms with Gasteiger partial charge in [-0.05, 0) is 24.5 Å². The number of anilines is 1. The first-order valence-electron chi connectivity index (χ1n) is 6.91. The summed E-state index contributed by atoms with van der Waals surface area (Å²) < 4.78 is 23.7. The van der Waals surface area contributed by atoms with Crippen LogP contribution in [0.2, 0.25) is 0 Å². The van der Waals surface area contributed by atoms with Crippen LogP contribution >= 0.6 is 0 Å². The zero-order valence-electron chi connectivity index (χ0n) is 11.0. The summed E-state index contributed by atoms with van der Waals surface area (Å²) in [7, 11) is -2.86. The molecule has 1 N–H and O–H groups in total. The Labute approximate surface area is 114 Å². The van der Waals surface area contributed by atoms with Crippen LogP contribution in [0.3, 0.4) is 0 Å². The van der Waals surface area contributed by atoms with E-state index in [1.807, 2.05) is 12.1 Å². The standard InChI is InChI=1S/C14H20N2O2S/c17-19(18)9-3-5-13(11-19)16-8-7-15-10-12-4-1-2-6-14(12)16/h1-2,4,6,13,15H,3,5,7-11H2. The molecule has 19 heavy (non-hydrogen) atoms. The van der Waals surface area contributed by atoms with Crippen molar-refractivity contribution in [1.29, 1.82) is 0 Å². The minimum absolute atomic E-state index is 0.139. The second kappa shape index (κ2) is 5.13. The number of hydrogen-bond acceptors (Lipinski definition) is 4. The van der Waals surface area contributed by atoms with Crippen molar-refractivity contribution in [3.8, 4) is 0 Å². The highest BCUT2D eigenvalue weighted by Crippen LogP contribution is 2.28. The fourth-order valence-electron chi connectivity index (χ4n) is 3.11. The molecule has 1 fully saturated rings. The maximum Gasteiger partial charge on any atom is 0.152 e. The van der Waals surface area contributed by atoms with E-state index in [1.165, 1.54) is 11.3 Å². The lowest BCUT2D eigenvalue weighted by Gasteiger charge is -2.35. The first-order chi connectivity index (χ1) is 9.16. The van der Waals surface area contributed by atoms with Gasteiger partial charge in [-0.3, -0.25) is 0 Å². The Kier molecular flexibility index (Phi) is 3.50. The van der Waals surface area contributed by atoms with Gasteiger partial charge >= 0.3 is 0 Å². The second-order valence-corrected chi connectivity index (χ2v) is 7.64. The van der Waals surface area contributed by atoms with Gasteiger partial charge < -0.3 is 10.2 Å². The minimum atomic E-state index is -2.86. The Morgan fingerprint density at radius 1 is 1.26 bits per heavy atom. The summed E-state index contributed by atoms with van der Waals surface area (Å²) in [4.78, 5) is 2.30. The van der Waals surface area contributed by atoms with Gasteiger partial charge in [0.1, 0.15) is 0 Å². The number of rotatable bonds is 1. The van der Waals surface area contributed by atoms with Crippen LogP contribution in [-0.4, -0.2) is 39.1 Å². The Bertz CT molecular complexity index is 556. The Morgan fingerprint density at radius 3 is 2.95 bits per heavy atom. The molecule has 1 aromatic rings. The predicted octanol–water partition coefficient (Wildman–Crippen LogP) is 1.17. The van der Waals surface area contributed by atoms with Crippen molar-refractivity contribution in [3.05, 3.63) is 29.8 Å². The number of hydrogen-bond donors (Lipinski definition) is 1. The topological polar surface area (TPSA) is 49.4 Å². The van der Waals surface area contributed by atoms with Gasteiger partial charge in [-0.2, -0.15) is 0 Å². The molecule has 5 heteroatoms. The molecule has 1 saturated heterocycles. The maximum atomic E-state index is 11.9. The monoisotopic (exact) mass is 280 g/mol. The van der Waals surface area contributed by atoms with Crippen LogP contribution in [0.25, 0.3) is 0 Å². The predicted molar refractivity (Wildman–Crippen MR) is 77.2 cm³/mol. The van der Waals surface area contributed by atoms with Crippen LogP contribution < -0.4 is 10.2 Å². The van der Waals surface area contributed by atoms with Crippen LogP contribution in [0.5, 0.6) is 0 Å². The van der Waals surface area contributed by atoms with Gasteiger partial charge in [0, 0.05) is 31.4 Å². The lowest BCUT2D eigenvalue weighted by atomic mass is 10.1. The average molecular weight is 280 g/mol. The van der Waals surface area contributed by atoms with Crippen LogP contribution in [0.1, 0.15) is 18.4 Å². The van der Waals surface area contributed by atoms with Crippen molar-refractivity contribution in [3.63, 3.8) is 0 Å². The highest BCUT2D eigenvalue weighted by atomic mass is 32.2. The molecular weight excluding hydrogens is 260 g/mol. The molecular formula is C14H20N2O2S. The van der Waals surface area contributed by atoms with Crippen molar-refractivity contribution >= 4 is 15.5 Å². The summed E-state index contributed by atoms with van der Waals surface area (Å²) >= 11 is 0. The molecule has 0 amide bonds. The van der Waals surface area contributed by atoms with E-state index in [4.69, 9.17) is 0 Å². The molecule has 0 aromatic heterocycles. The molecule has 0 saturated carbocycles. The normalized spacial score (nSPS) is 26.5. The molecule has 3 rings (SSSR count). The lowest BCUT2D eigenvalue weighted by Crippen LogP contribution is -2.45. The highest BCUT2D eigenvalue weighted by molar-refractivity contribution is 7.91. The largest absolute Gasteiger partial charge is 0.366 e. The van der Waals surface area contributed by atoms with Gasteiger partial charge in [0.15, 0.2) is 9.84 Å². The Hall–Kier alpha value is -1.07. The molecule has 0 spiro atoms. The van der Waals surface area contributed by atoms with Gasteiger partial charge in [-0.15, -0.1) is 0 Å². The number of fused-ring (bicyclic) bond motifs is 1. The molecule has 2 aliphatic rings. The van der Waals surface area contributed by atoms with E-state index >= 15 is 0 Å². The molecule has 1 atom stereocenters. The third kappa shape index (κ3) is 2.77. The summed E-state index contributed by atoms with van der Waals surface area (Å²) in [5.74, 6) is 0.665. The molecule has 0 aliphatic carbocycles. The molecule has 4 nitrogen and oxygen atoms in total. The number of benzene rings is 1. The van der Waals surface area contributed by atoms with Gasteiger partial charge in [-0.25, -0.2) is 8.42 Å². The van der Waals surface area contributed by atoms with Crippen LogP contribution in [0.4, 0.5) is 5.69 Å². The van der Waals surface area contributed by atoms with E-state index in [9.17, 15) is 8.42 Å². The minimum Gasteiger partial charge on any atom is -0.366 e. The Morgan fingerprint density at radius 2 is 2.11 bits per heavy atom. The summed E-state index contributed by atoms with van der Waals surface area (Å²) in [5, 5.41) is 3.40. The lowest BCUT2D eigenvalue weighted by molar-refractivity contribution is 0.525. The van der Waals surface area contributed by atoms with Gasteiger partial charge in [0.25, 0.3) is 0 Å². The summed E-state index contributed by atoms with van der Waals surface area (Å²) in [6.07, 6.45) is 1.77. The first kappa shape index (κ1) is 12.9. The first-order valence-corrected chi connectivity index (χ1v) is 8.73. The molecule has 2 aliphatic heterocycles. The zero-order valence-corrected chi connectivity index (χ0v) is 11.8. The van der Waals surface area contributed by atoms with E-state index in [-0.39, 0.29) is 6.04 Å². The van der Waals surface area contributed by atoms with Crippen molar-refractivity contribution < 1.29 is 8.42 Å². The van der Waals surface area contributed by atoms with E-state index in [2.05, 4.69) is 22.3 Å².